The molecule has 0 saturated carbocycles. The maximum atomic E-state index is 11.4. The Bertz CT molecular complexity index is 450. The summed E-state index contributed by atoms with van der Waals surface area (Å²) >= 11 is 0. The van der Waals surface area contributed by atoms with Crippen LogP contribution in [0.1, 0.15) is 18.9 Å². The van der Waals surface area contributed by atoms with Gasteiger partial charge in [0.15, 0.2) is 0 Å². The first kappa shape index (κ1) is 14.8. The summed E-state index contributed by atoms with van der Waals surface area (Å²) in [6, 6.07) is 9.35. The number of carbonyl (C=O) groups excluding carboxylic acids is 2. The van der Waals surface area contributed by atoms with E-state index in [2.05, 4.69) is 0 Å². The van der Waals surface area contributed by atoms with Crippen molar-refractivity contribution in [3.05, 3.63) is 47.7 Å². The van der Waals surface area contributed by atoms with Crippen LogP contribution >= 0.6 is 0 Å². The van der Waals surface area contributed by atoms with Crippen LogP contribution in [-0.2, 0) is 25.7 Å². The molecule has 1 rings (SSSR count). The molecular formula is C14H17NO4. The highest BCUT2D eigenvalue weighted by Gasteiger charge is 2.05. The van der Waals surface area contributed by atoms with E-state index in [1.54, 1.807) is 6.92 Å². The Labute approximate surface area is 112 Å². The molecular weight excluding hydrogens is 246 g/mol. The zero-order chi connectivity index (χ0) is 14.1. The number of allylic oxidation sites excluding steroid dienone is 1. The van der Waals surface area contributed by atoms with Crippen LogP contribution in [0.15, 0.2) is 42.1 Å². The van der Waals surface area contributed by atoms with Crippen molar-refractivity contribution in [1.29, 1.82) is 0 Å². The SMILES string of the molecule is C/C(N)=C/C(=O)OCCC(=O)OCc1ccccc1. The lowest BCUT2D eigenvalue weighted by molar-refractivity contribution is -0.148. The van der Waals surface area contributed by atoms with Gasteiger partial charge in [-0.05, 0) is 12.5 Å². The smallest absolute Gasteiger partial charge is 0.332 e. The molecule has 1 aromatic carbocycles. The van der Waals surface area contributed by atoms with Crippen molar-refractivity contribution in [2.75, 3.05) is 6.61 Å². The molecule has 0 aliphatic carbocycles. The normalized spacial score (nSPS) is 10.9. The Morgan fingerprint density at radius 2 is 1.89 bits per heavy atom. The molecule has 0 unspecified atom stereocenters. The van der Waals surface area contributed by atoms with Crippen LogP contribution in [0.5, 0.6) is 0 Å². The van der Waals surface area contributed by atoms with E-state index in [0.29, 0.717) is 5.70 Å². The van der Waals surface area contributed by atoms with Gasteiger partial charge in [0.2, 0.25) is 0 Å². The summed E-state index contributed by atoms with van der Waals surface area (Å²) in [6.07, 6.45) is 1.19. The highest BCUT2D eigenvalue weighted by atomic mass is 16.5. The number of hydrogen-bond donors (Lipinski definition) is 1. The first-order valence-electron chi connectivity index (χ1n) is 5.88. The van der Waals surface area contributed by atoms with Crippen molar-refractivity contribution in [1.82, 2.24) is 0 Å². The molecule has 0 heterocycles. The third-order valence-electron chi connectivity index (χ3n) is 2.14. The van der Waals surface area contributed by atoms with Gasteiger partial charge < -0.3 is 15.2 Å². The first-order chi connectivity index (χ1) is 9.08. The van der Waals surface area contributed by atoms with Crippen LogP contribution < -0.4 is 5.73 Å². The molecule has 5 nitrogen and oxygen atoms in total. The van der Waals surface area contributed by atoms with E-state index in [1.165, 1.54) is 0 Å². The molecule has 1 aromatic rings. The summed E-state index contributed by atoms with van der Waals surface area (Å²) in [4.78, 5) is 22.5. The fourth-order valence-electron chi connectivity index (χ4n) is 1.27. The summed E-state index contributed by atoms with van der Waals surface area (Å²) in [5.74, 6) is -0.971. The molecule has 0 atom stereocenters. The number of rotatable bonds is 6. The number of nitrogens with two attached hydrogens (primary N) is 1. The second-order valence-electron chi connectivity index (χ2n) is 3.95. The molecule has 102 valence electrons. The van der Waals surface area contributed by atoms with Crippen LogP contribution in [0, 0.1) is 0 Å². The van der Waals surface area contributed by atoms with Crippen LogP contribution in [0.3, 0.4) is 0 Å². The quantitative estimate of drug-likeness (QED) is 0.622. The molecule has 0 spiro atoms. The topological polar surface area (TPSA) is 78.6 Å². The molecule has 0 bridgehead atoms. The highest BCUT2D eigenvalue weighted by molar-refractivity contribution is 5.82. The zero-order valence-electron chi connectivity index (χ0n) is 10.8. The van der Waals surface area contributed by atoms with Crippen molar-refractivity contribution in [3.8, 4) is 0 Å². The highest BCUT2D eigenvalue weighted by Crippen LogP contribution is 2.01. The van der Waals surface area contributed by atoms with Gasteiger partial charge in [0.1, 0.15) is 13.2 Å². The van der Waals surface area contributed by atoms with Crippen molar-refractivity contribution >= 4 is 11.9 Å². The second-order valence-corrected chi connectivity index (χ2v) is 3.95. The van der Waals surface area contributed by atoms with Crippen LogP contribution in [-0.4, -0.2) is 18.5 Å². The molecule has 0 amide bonds. The summed E-state index contributed by atoms with van der Waals surface area (Å²) in [6.45, 7) is 1.78. The average Bonchev–Trinajstić information content (AvgIpc) is 2.36. The summed E-state index contributed by atoms with van der Waals surface area (Å²) < 4.78 is 9.80. The first-order valence-corrected chi connectivity index (χ1v) is 5.88. The summed E-state index contributed by atoms with van der Waals surface area (Å²) in [7, 11) is 0. The third-order valence-corrected chi connectivity index (χ3v) is 2.14. The average molecular weight is 263 g/mol. The van der Waals surface area contributed by atoms with E-state index in [1.807, 2.05) is 30.3 Å². The van der Waals surface area contributed by atoms with Crippen molar-refractivity contribution < 1.29 is 19.1 Å². The Morgan fingerprint density at radius 3 is 2.53 bits per heavy atom. The predicted octanol–water partition coefficient (Wildman–Crippen LogP) is 1.53. The molecule has 0 aromatic heterocycles. The number of ether oxygens (including phenoxy) is 2. The largest absolute Gasteiger partial charge is 0.462 e. The Hall–Kier alpha value is -2.30. The third kappa shape index (κ3) is 6.88. The Morgan fingerprint density at radius 1 is 1.21 bits per heavy atom. The maximum Gasteiger partial charge on any atom is 0.332 e. The summed E-state index contributed by atoms with van der Waals surface area (Å²) in [5.41, 5.74) is 6.58. The molecule has 19 heavy (non-hydrogen) atoms. The van der Waals surface area contributed by atoms with Crippen molar-refractivity contribution in [2.24, 2.45) is 5.73 Å². The number of benzene rings is 1. The van der Waals surface area contributed by atoms with E-state index in [0.717, 1.165) is 11.6 Å². The van der Waals surface area contributed by atoms with Gasteiger partial charge in [0.05, 0.1) is 6.42 Å². The van der Waals surface area contributed by atoms with Crippen LogP contribution in [0.25, 0.3) is 0 Å². The molecule has 2 N–H and O–H groups in total. The Balaban J connectivity index is 2.18. The lowest BCUT2D eigenvalue weighted by Gasteiger charge is -2.05. The van der Waals surface area contributed by atoms with Crippen molar-refractivity contribution in [2.45, 2.75) is 20.0 Å². The van der Waals surface area contributed by atoms with Gasteiger partial charge in [-0.15, -0.1) is 0 Å². The maximum absolute atomic E-state index is 11.4. The van der Waals surface area contributed by atoms with E-state index in [4.69, 9.17) is 15.2 Å². The molecule has 0 fully saturated rings. The van der Waals surface area contributed by atoms with Crippen LogP contribution in [0.4, 0.5) is 0 Å². The molecule has 0 saturated heterocycles. The van der Waals surface area contributed by atoms with E-state index >= 15 is 0 Å². The fourth-order valence-corrected chi connectivity index (χ4v) is 1.27. The Kier molecular flexibility index (Phi) is 6.15. The van der Waals surface area contributed by atoms with E-state index in [-0.39, 0.29) is 19.6 Å². The minimum atomic E-state index is -0.559. The van der Waals surface area contributed by atoms with E-state index in [9.17, 15) is 9.59 Å². The van der Waals surface area contributed by atoms with Gasteiger partial charge in [-0.1, -0.05) is 30.3 Å². The monoisotopic (exact) mass is 263 g/mol. The zero-order valence-corrected chi connectivity index (χ0v) is 10.8. The number of esters is 2. The molecule has 0 aliphatic heterocycles. The lowest BCUT2D eigenvalue weighted by Crippen LogP contribution is -2.11. The molecule has 5 heteroatoms. The lowest BCUT2D eigenvalue weighted by atomic mass is 10.2. The number of carbonyl (C=O) groups is 2. The fraction of sp³-hybridized carbons (Fsp3) is 0.286. The molecule has 0 aliphatic rings. The standard InChI is InChI=1S/C14H17NO4/c1-11(15)9-14(17)18-8-7-13(16)19-10-12-5-3-2-4-6-12/h2-6,9H,7-8,10,15H2,1H3/b11-9-. The van der Waals surface area contributed by atoms with Crippen LogP contribution in [0.2, 0.25) is 0 Å². The van der Waals surface area contributed by atoms with Gasteiger partial charge in [0.25, 0.3) is 0 Å². The van der Waals surface area contributed by atoms with Gasteiger partial charge in [0, 0.05) is 11.8 Å². The minimum Gasteiger partial charge on any atom is -0.462 e. The van der Waals surface area contributed by atoms with Gasteiger partial charge >= 0.3 is 11.9 Å². The minimum absolute atomic E-state index is 0.0176. The molecule has 0 radical (unpaired) electrons. The summed E-state index contributed by atoms with van der Waals surface area (Å²) in [5, 5.41) is 0. The van der Waals surface area contributed by atoms with Gasteiger partial charge in [-0.25, -0.2) is 4.79 Å². The predicted molar refractivity (Wildman–Crippen MR) is 69.8 cm³/mol. The van der Waals surface area contributed by atoms with E-state index < -0.39 is 11.9 Å². The second kappa shape index (κ2) is 7.92. The number of hydrogen-bond acceptors (Lipinski definition) is 5. The van der Waals surface area contributed by atoms with Gasteiger partial charge in [-0.2, -0.15) is 0 Å². The van der Waals surface area contributed by atoms with Gasteiger partial charge in [-0.3, -0.25) is 4.79 Å². The van der Waals surface area contributed by atoms with Crippen molar-refractivity contribution in [3.63, 3.8) is 0 Å².